The maximum absolute atomic E-state index is 12.9. The molecule has 1 saturated heterocycles. The summed E-state index contributed by atoms with van der Waals surface area (Å²) in [5.41, 5.74) is 0. The number of likely N-dealkylation sites (tertiary alicyclic amines) is 1. The van der Waals surface area contributed by atoms with Crippen LogP contribution in [0.25, 0.3) is 0 Å². The van der Waals surface area contributed by atoms with Crippen molar-refractivity contribution >= 4 is 23.5 Å². The number of rotatable bonds is 5. The molecule has 1 fully saturated rings. The first-order chi connectivity index (χ1) is 9.99. The van der Waals surface area contributed by atoms with Crippen molar-refractivity contribution in [2.24, 2.45) is 0 Å². The van der Waals surface area contributed by atoms with E-state index in [-0.39, 0.29) is 24.0 Å². The van der Waals surface area contributed by atoms with Crippen LogP contribution in [-0.2, 0) is 9.59 Å². The van der Waals surface area contributed by atoms with Crippen molar-refractivity contribution < 1.29 is 23.8 Å². The van der Waals surface area contributed by atoms with Crippen molar-refractivity contribution in [2.75, 3.05) is 13.2 Å². The molecule has 0 spiro atoms. The van der Waals surface area contributed by atoms with Gasteiger partial charge >= 0.3 is 5.97 Å². The van der Waals surface area contributed by atoms with Crippen LogP contribution in [0.3, 0.4) is 0 Å². The maximum Gasteiger partial charge on any atom is 0.326 e. The lowest BCUT2D eigenvalue weighted by atomic mass is 10.2. The number of nitrogens with zero attached hydrogens (tertiary/aromatic N) is 1. The van der Waals surface area contributed by atoms with Crippen LogP contribution in [0.15, 0.2) is 18.2 Å². The Balaban J connectivity index is 1.85. The van der Waals surface area contributed by atoms with Gasteiger partial charge in [-0.3, -0.25) is 4.79 Å². The lowest BCUT2D eigenvalue weighted by molar-refractivity contribution is -0.148. The van der Waals surface area contributed by atoms with E-state index in [4.69, 9.17) is 21.4 Å². The summed E-state index contributed by atoms with van der Waals surface area (Å²) < 4.78 is 18.2. The van der Waals surface area contributed by atoms with Gasteiger partial charge in [-0.2, -0.15) is 0 Å². The van der Waals surface area contributed by atoms with Gasteiger partial charge in [0.1, 0.15) is 17.6 Å². The molecule has 0 saturated carbocycles. The number of halogens is 2. The van der Waals surface area contributed by atoms with E-state index < -0.39 is 17.8 Å². The van der Waals surface area contributed by atoms with Crippen molar-refractivity contribution in [1.82, 2.24) is 4.90 Å². The first-order valence-corrected chi connectivity index (χ1v) is 6.97. The minimum atomic E-state index is -0.983. The molecule has 1 aliphatic heterocycles. The number of hydrogen-bond acceptors (Lipinski definition) is 3. The van der Waals surface area contributed by atoms with E-state index in [0.717, 1.165) is 6.07 Å². The zero-order valence-corrected chi connectivity index (χ0v) is 12.0. The third kappa shape index (κ3) is 3.85. The van der Waals surface area contributed by atoms with E-state index in [1.807, 2.05) is 0 Å². The Kier molecular flexibility index (Phi) is 5.01. The van der Waals surface area contributed by atoms with Gasteiger partial charge in [-0.1, -0.05) is 11.6 Å². The number of aliphatic carboxylic acids is 1. The molecule has 1 unspecified atom stereocenters. The fraction of sp³-hybridized carbons (Fsp3) is 0.429. The van der Waals surface area contributed by atoms with Crippen molar-refractivity contribution in [1.29, 1.82) is 0 Å². The molecule has 7 heteroatoms. The van der Waals surface area contributed by atoms with Crippen LogP contribution >= 0.6 is 11.6 Å². The minimum Gasteiger partial charge on any atom is -0.491 e. The lowest BCUT2D eigenvalue weighted by Gasteiger charge is -2.21. The highest BCUT2D eigenvalue weighted by atomic mass is 35.5. The van der Waals surface area contributed by atoms with Crippen LogP contribution < -0.4 is 4.74 Å². The van der Waals surface area contributed by atoms with Crippen LogP contribution in [0.5, 0.6) is 5.75 Å². The van der Waals surface area contributed by atoms with Gasteiger partial charge in [0, 0.05) is 6.54 Å². The molecule has 1 N–H and O–H groups in total. The van der Waals surface area contributed by atoms with E-state index in [1.165, 1.54) is 17.0 Å². The van der Waals surface area contributed by atoms with Crippen molar-refractivity contribution in [3.8, 4) is 5.75 Å². The topological polar surface area (TPSA) is 66.8 Å². The molecule has 1 aromatic carbocycles. The number of carbonyl (C=O) groups excluding carboxylic acids is 1. The molecule has 1 aromatic rings. The molecule has 1 amide bonds. The van der Waals surface area contributed by atoms with Gasteiger partial charge in [0.15, 0.2) is 0 Å². The van der Waals surface area contributed by atoms with Gasteiger partial charge in [0.2, 0.25) is 5.91 Å². The van der Waals surface area contributed by atoms with E-state index in [1.54, 1.807) is 0 Å². The van der Waals surface area contributed by atoms with Crippen molar-refractivity contribution in [3.05, 3.63) is 29.0 Å². The molecule has 0 aromatic heterocycles. The number of carboxylic acid groups (broad SMARTS) is 1. The number of benzene rings is 1. The van der Waals surface area contributed by atoms with Crippen LogP contribution in [0.1, 0.15) is 19.3 Å². The zero-order chi connectivity index (χ0) is 15.4. The Hall–Kier alpha value is -1.82. The lowest BCUT2D eigenvalue weighted by Crippen LogP contribution is -2.40. The Morgan fingerprint density at radius 1 is 1.48 bits per heavy atom. The second kappa shape index (κ2) is 6.76. The standard InChI is InChI=1S/C14H15ClFNO4/c15-10-8-9(16)3-4-12(10)21-7-5-13(18)17-6-1-2-11(17)14(19)20/h3-4,8,11H,1-2,5-7H2,(H,19,20). The monoisotopic (exact) mass is 315 g/mol. The Morgan fingerprint density at radius 2 is 2.24 bits per heavy atom. The average molecular weight is 316 g/mol. The zero-order valence-electron chi connectivity index (χ0n) is 11.2. The Morgan fingerprint density at radius 3 is 2.90 bits per heavy atom. The summed E-state index contributed by atoms with van der Waals surface area (Å²) in [6.45, 7) is 0.514. The summed E-state index contributed by atoms with van der Waals surface area (Å²) >= 11 is 5.80. The molecule has 21 heavy (non-hydrogen) atoms. The van der Waals surface area contributed by atoms with Gasteiger partial charge in [-0.15, -0.1) is 0 Å². The largest absolute Gasteiger partial charge is 0.491 e. The van der Waals surface area contributed by atoms with E-state index >= 15 is 0 Å². The number of hydrogen-bond donors (Lipinski definition) is 1. The Bertz CT molecular complexity index is 552. The van der Waals surface area contributed by atoms with E-state index in [0.29, 0.717) is 25.1 Å². The quantitative estimate of drug-likeness (QED) is 0.905. The third-order valence-electron chi connectivity index (χ3n) is 3.33. The SMILES string of the molecule is O=C(O)C1CCCN1C(=O)CCOc1ccc(F)cc1Cl. The molecule has 1 atom stereocenters. The second-order valence-electron chi connectivity index (χ2n) is 4.76. The van der Waals surface area contributed by atoms with Gasteiger partial charge in [-0.05, 0) is 31.0 Å². The second-order valence-corrected chi connectivity index (χ2v) is 5.16. The number of ether oxygens (including phenoxy) is 1. The predicted octanol–water partition coefficient (Wildman–Crippen LogP) is 2.32. The summed E-state index contributed by atoms with van der Waals surface area (Å²) in [6, 6.07) is 2.98. The first-order valence-electron chi connectivity index (χ1n) is 6.59. The predicted molar refractivity (Wildman–Crippen MR) is 73.9 cm³/mol. The molecule has 1 aliphatic rings. The summed E-state index contributed by atoms with van der Waals surface area (Å²) in [5.74, 6) is -1.42. The highest BCUT2D eigenvalue weighted by molar-refractivity contribution is 6.32. The van der Waals surface area contributed by atoms with Gasteiger partial charge in [0.25, 0.3) is 0 Å². The molecule has 2 rings (SSSR count). The third-order valence-corrected chi connectivity index (χ3v) is 3.62. The summed E-state index contributed by atoms with van der Waals surface area (Å²) in [4.78, 5) is 24.3. The molecule has 5 nitrogen and oxygen atoms in total. The van der Waals surface area contributed by atoms with Gasteiger partial charge < -0.3 is 14.7 Å². The molecule has 0 bridgehead atoms. The Labute approximate surface area is 126 Å². The normalized spacial score (nSPS) is 17.8. The molecular formula is C14H15ClFNO4. The smallest absolute Gasteiger partial charge is 0.326 e. The average Bonchev–Trinajstić information content (AvgIpc) is 2.90. The number of amides is 1. The van der Waals surface area contributed by atoms with Gasteiger partial charge in [0.05, 0.1) is 18.1 Å². The highest BCUT2D eigenvalue weighted by Crippen LogP contribution is 2.25. The van der Waals surface area contributed by atoms with Crippen LogP contribution in [0.2, 0.25) is 5.02 Å². The molecule has 1 heterocycles. The number of carboxylic acids is 1. The van der Waals surface area contributed by atoms with Crippen LogP contribution in [-0.4, -0.2) is 41.1 Å². The van der Waals surface area contributed by atoms with Crippen molar-refractivity contribution in [2.45, 2.75) is 25.3 Å². The molecule has 114 valence electrons. The molecule has 0 aliphatic carbocycles. The summed E-state index contributed by atoms with van der Waals surface area (Å²) in [7, 11) is 0. The minimum absolute atomic E-state index is 0.0531. The number of carbonyl (C=O) groups is 2. The van der Waals surface area contributed by atoms with Gasteiger partial charge in [-0.25, -0.2) is 9.18 Å². The van der Waals surface area contributed by atoms with Crippen LogP contribution in [0.4, 0.5) is 4.39 Å². The van der Waals surface area contributed by atoms with Crippen molar-refractivity contribution in [3.63, 3.8) is 0 Å². The van der Waals surface area contributed by atoms with Crippen LogP contribution in [0, 0.1) is 5.82 Å². The molecular weight excluding hydrogens is 301 g/mol. The first kappa shape index (κ1) is 15.6. The fourth-order valence-electron chi connectivity index (χ4n) is 2.31. The molecule has 0 radical (unpaired) electrons. The highest BCUT2D eigenvalue weighted by Gasteiger charge is 2.33. The van der Waals surface area contributed by atoms with E-state index in [2.05, 4.69) is 0 Å². The fourth-order valence-corrected chi connectivity index (χ4v) is 2.53. The maximum atomic E-state index is 12.9. The summed E-state index contributed by atoms with van der Waals surface area (Å²) in [6.07, 6.45) is 1.22. The summed E-state index contributed by atoms with van der Waals surface area (Å²) in [5, 5.41) is 9.15. The van der Waals surface area contributed by atoms with E-state index in [9.17, 15) is 14.0 Å².